The summed E-state index contributed by atoms with van der Waals surface area (Å²) >= 11 is 1.92. The van der Waals surface area contributed by atoms with Crippen LogP contribution in [0.15, 0.2) is 24.3 Å². The van der Waals surface area contributed by atoms with E-state index in [0.717, 1.165) is 23.6 Å². The Balaban J connectivity index is 1.82. The molecule has 1 heterocycles. The highest BCUT2D eigenvalue weighted by atomic mass is 32.2. The summed E-state index contributed by atoms with van der Waals surface area (Å²) in [5.74, 6) is 2.32. The molecular weight excluding hydrogens is 256 g/mol. The Morgan fingerprint density at radius 3 is 2.84 bits per heavy atom. The van der Waals surface area contributed by atoms with E-state index in [2.05, 4.69) is 41.8 Å². The van der Waals surface area contributed by atoms with Crippen LogP contribution in [0.1, 0.15) is 30.5 Å². The fourth-order valence-corrected chi connectivity index (χ4v) is 3.16. The summed E-state index contributed by atoms with van der Waals surface area (Å²) in [5, 5.41) is 6.46. The zero-order chi connectivity index (χ0) is 13.7. The highest BCUT2D eigenvalue weighted by Crippen LogP contribution is 2.14. The molecule has 0 aliphatic carbocycles. The van der Waals surface area contributed by atoms with Gasteiger partial charge in [0.15, 0.2) is 0 Å². The van der Waals surface area contributed by atoms with Crippen molar-refractivity contribution in [3.63, 3.8) is 0 Å². The van der Waals surface area contributed by atoms with E-state index in [4.69, 9.17) is 0 Å². The van der Waals surface area contributed by atoms with Crippen molar-refractivity contribution in [2.24, 2.45) is 0 Å². The molecule has 4 heteroatoms. The van der Waals surface area contributed by atoms with Gasteiger partial charge in [0.05, 0.1) is 6.04 Å². The standard InChI is InChI=1S/C15H22N2OS/c1-11-3-5-13(6-4-11)12(2)17-15(18)9-14-10-19-8-7-16-14/h3-6,12,14,16H,7-10H2,1-2H3,(H,17,18)/t12-,14?/m0/s1. The summed E-state index contributed by atoms with van der Waals surface area (Å²) in [4.78, 5) is 12.0. The second-order valence-electron chi connectivity index (χ2n) is 5.13. The van der Waals surface area contributed by atoms with E-state index >= 15 is 0 Å². The Bertz CT molecular complexity index is 413. The molecule has 0 bridgehead atoms. The summed E-state index contributed by atoms with van der Waals surface area (Å²) in [6.45, 7) is 5.11. The molecule has 0 spiro atoms. The molecule has 1 unspecified atom stereocenters. The van der Waals surface area contributed by atoms with Gasteiger partial charge in [0.2, 0.25) is 5.91 Å². The molecule has 3 nitrogen and oxygen atoms in total. The van der Waals surface area contributed by atoms with E-state index in [0.29, 0.717) is 12.5 Å². The number of nitrogens with one attached hydrogen (secondary N) is 2. The quantitative estimate of drug-likeness (QED) is 0.887. The van der Waals surface area contributed by atoms with Crippen molar-refractivity contribution in [1.29, 1.82) is 0 Å². The maximum Gasteiger partial charge on any atom is 0.222 e. The van der Waals surface area contributed by atoms with Gasteiger partial charge in [0.1, 0.15) is 0 Å². The van der Waals surface area contributed by atoms with Gasteiger partial charge in [-0.15, -0.1) is 0 Å². The average Bonchev–Trinajstić information content (AvgIpc) is 2.40. The van der Waals surface area contributed by atoms with Crippen LogP contribution in [0.3, 0.4) is 0 Å². The molecule has 2 N–H and O–H groups in total. The van der Waals surface area contributed by atoms with Crippen molar-refractivity contribution in [2.75, 3.05) is 18.1 Å². The molecular formula is C15H22N2OS. The van der Waals surface area contributed by atoms with Gasteiger partial charge in [-0.2, -0.15) is 11.8 Å². The summed E-state index contributed by atoms with van der Waals surface area (Å²) in [6, 6.07) is 8.71. The minimum absolute atomic E-state index is 0.0735. The molecule has 1 aliphatic rings. The summed E-state index contributed by atoms with van der Waals surface area (Å²) < 4.78 is 0. The van der Waals surface area contributed by atoms with Gasteiger partial charge in [-0.25, -0.2) is 0 Å². The number of hydrogen-bond acceptors (Lipinski definition) is 3. The first-order valence-electron chi connectivity index (χ1n) is 6.82. The van der Waals surface area contributed by atoms with E-state index in [9.17, 15) is 4.79 Å². The molecule has 0 aromatic heterocycles. The Morgan fingerprint density at radius 2 is 2.21 bits per heavy atom. The maximum atomic E-state index is 12.0. The molecule has 0 saturated carbocycles. The molecule has 1 aromatic carbocycles. The van der Waals surface area contributed by atoms with Crippen LogP contribution in [-0.4, -0.2) is 30.0 Å². The molecule has 2 rings (SSSR count). The van der Waals surface area contributed by atoms with Gasteiger partial charge in [0.25, 0.3) is 0 Å². The second kappa shape index (κ2) is 6.96. The lowest BCUT2D eigenvalue weighted by Gasteiger charge is -2.23. The topological polar surface area (TPSA) is 41.1 Å². The lowest BCUT2D eigenvalue weighted by atomic mass is 10.1. The van der Waals surface area contributed by atoms with Crippen LogP contribution in [-0.2, 0) is 4.79 Å². The average molecular weight is 278 g/mol. The summed E-state index contributed by atoms with van der Waals surface area (Å²) in [7, 11) is 0. The fourth-order valence-electron chi connectivity index (χ4n) is 2.21. The molecule has 1 aromatic rings. The fraction of sp³-hybridized carbons (Fsp3) is 0.533. The highest BCUT2D eigenvalue weighted by molar-refractivity contribution is 7.99. The number of carbonyl (C=O) groups excluding carboxylic acids is 1. The van der Waals surface area contributed by atoms with E-state index in [1.807, 2.05) is 18.7 Å². The van der Waals surface area contributed by atoms with E-state index in [1.54, 1.807) is 0 Å². The van der Waals surface area contributed by atoms with Gasteiger partial charge >= 0.3 is 0 Å². The lowest BCUT2D eigenvalue weighted by molar-refractivity contribution is -0.122. The third kappa shape index (κ3) is 4.55. The Hall–Kier alpha value is -1.00. The maximum absolute atomic E-state index is 12.0. The summed E-state index contributed by atoms with van der Waals surface area (Å²) in [6.07, 6.45) is 0.573. The van der Waals surface area contributed by atoms with Crippen LogP contribution >= 0.6 is 11.8 Å². The second-order valence-corrected chi connectivity index (χ2v) is 6.28. The molecule has 2 atom stereocenters. The van der Waals surface area contributed by atoms with Gasteiger partial charge in [-0.1, -0.05) is 29.8 Å². The van der Waals surface area contributed by atoms with Gasteiger partial charge in [-0.05, 0) is 19.4 Å². The first-order chi connectivity index (χ1) is 9.15. The van der Waals surface area contributed by atoms with Crippen molar-refractivity contribution in [1.82, 2.24) is 10.6 Å². The first-order valence-corrected chi connectivity index (χ1v) is 7.97. The number of benzene rings is 1. The predicted molar refractivity (Wildman–Crippen MR) is 81.5 cm³/mol. The smallest absolute Gasteiger partial charge is 0.222 e. The minimum atomic E-state index is 0.0735. The number of hydrogen-bond donors (Lipinski definition) is 2. The van der Waals surface area contributed by atoms with Gasteiger partial charge < -0.3 is 10.6 Å². The zero-order valence-electron chi connectivity index (χ0n) is 11.6. The summed E-state index contributed by atoms with van der Waals surface area (Å²) in [5.41, 5.74) is 2.40. The number of amides is 1. The van der Waals surface area contributed by atoms with Crippen LogP contribution < -0.4 is 10.6 Å². The molecule has 104 valence electrons. The minimum Gasteiger partial charge on any atom is -0.350 e. The first kappa shape index (κ1) is 14.4. The molecule has 1 fully saturated rings. The van der Waals surface area contributed by atoms with Gasteiger partial charge in [0, 0.05) is 30.5 Å². The number of aryl methyl sites for hydroxylation is 1. The van der Waals surface area contributed by atoms with Crippen LogP contribution in [0.5, 0.6) is 0 Å². The SMILES string of the molecule is Cc1ccc([C@H](C)NC(=O)CC2CSCCN2)cc1. The van der Waals surface area contributed by atoms with Crippen LogP contribution in [0.25, 0.3) is 0 Å². The van der Waals surface area contributed by atoms with Crippen LogP contribution in [0.2, 0.25) is 0 Å². The zero-order valence-corrected chi connectivity index (χ0v) is 12.4. The Kier molecular flexibility index (Phi) is 5.28. The highest BCUT2D eigenvalue weighted by Gasteiger charge is 2.18. The monoisotopic (exact) mass is 278 g/mol. The van der Waals surface area contributed by atoms with Crippen molar-refractivity contribution in [3.05, 3.63) is 35.4 Å². The Labute approximate surface area is 119 Å². The molecule has 19 heavy (non-hydrogen) atoms. The van der Waals surface area contributed by atoms with Crippen molar-refractivity contribution >= 4 is 17.7 Å². The van der Waals surface area contributed by atoms with Crippen LogP contribution in [0, 0.1) is 6.92 Å². The van der Waals surface area contributed by atoms with Crippen molar-refractivity contribution in [2.45, 2.75) is 32.4 Å². The largest absolute Gasteiger partial charge is 0.350 e. The molecule has 1 amide bonds. The number of thioether (sulfide) groups is 1. The van der Waals surface area contributed by atoms with E-state index in [1.165, 1.54) is 5.56 Å². The third-order valence-corrected chi connectivity index (χ3v) is 4.52. The van der Waals surface area contributed by atoms with E-state index < -0.39 is 0 Å². The predicted octanol–water partition coefficient (Wildman–Crippen LogP) is 2.27. The Morgan fingerprint density at radius 1 is 1.47 bits per heavy atom. The number of rotatable bonds is 4. The van der Waals surface area contributed by atoms with Crippen molar-refractivity contribution in [3.8, 4) is 0 Å². The molecule has 0 radical (unpaired) electrons. The lowest BCUT2D eigenvalue weighted by Crippen LogP contribution is -2.41. The molecule has 1 saturated heterocycles. The third-order valence-electron chi connectivity index (χ3n) is 3.39. The van der Waals surface area contributed by atoms with Gasteiger partial charge in [-0.3, -0.25) is 4.79 Å². The number of carbonyl (C=O) groups is 1. The van der Waals surface area contributed by atoms with Crippen molar-refractivity contribution < 1.29 is 4.79 Å². The normalized spacial score (nSPS) is 20.8. The van der Waals surface area contributed by atoms with Crippen LogP contribution in [0.4, 0.5) is 0 Å². The van der Waals surface area contributed by atoms with E-state index in [-0.39, 0.29) is 11.9 Å². The molecule has 1 aliphatic heterocycles.